The molecule has 1 aromatic heterocycles. The molecule has 3 rings (SSSR count). The molecule has 1 aliphatic heterocycles. The zero-order chi connectivity index (χ0) is 16.2. The highest BCUT2D eigenvalue weighted by molar-refractivity contribution is 6.22. The van der Waals surface area contributed by atoms with Gasteiger partial charge in [0.05, 0.1) is 17.6 Å². The first-order valence-electron chi connectivity index (χ1n) is 7.12. The van der Waals surface area contributed by atoms with E-state index in [1.807, 2.05) is 0 Å². The summed E-state index contributed by atoms with van der Waals surface area (Å²) in [6.07, 6.45) is 4.75. The fraction of sp³-hybridized carbons (Fsp3) is 0.118. The molecule has 2 aromatic rings. The molecule has 0 bridgehead atoms. The van der Waals surface area contributed by atoms with Crippen LogP contribution in [0.2, 0.25) is 0 Å². The molecule has 1 saturated heterocycles. The molecule has 1 aliphatic rings. The number of carbonyl (C=O) groups excluding carboxylic acids is 3. The van der Waals surface area contributed by atoms with Crippen molar-refractivity contribution < 1.29 is 18.8 Å². The largest absolute Gasteiger partial charge is 0.465 e. The predicted octanol–water partition coefficient (Wildman–Crippen LogP) is 2.58. The Morgan fingerprint density at radius 2 is 1.83 bits per heavy atom. The Kier molecular flexibility index (Phi) is 4.05. The summed E-state index contributed by atoms with van der Waals surface area (Å²) in [5.41, 5.74) is 0.796. The van der Waals surface area contributed by atoms with Crippen LogP contribution in [-0.4, -0.2) is 17.7 Å². The van der Waals surface area contributed by atoms with Crippen LogP contribution in [0.5, 0.6) is 0 Å². The van der Waals surface area contributed by atoms with Gasteiger partial charge in [0.15, 0.2) is 0 Å². The summed E-state index contributed by atoms with van der Waals surface area (Å²) in [7, 11) is 0. The number of imide groups is 1. The number of para-hydroxylation sites is 2. The summed E-state index contributed by atoms with van der Waals surface area (Å²) >= 11 is 0. The average Bonchev–Trinajstić information content (AvgIpc) is 3.17. The third-order valence-electron chi connectivity index (χ3n) is 3.40. The van der Waals surface area contributed by atoms with Crippen molar-refractivity contribution in [1.29, 1.82) is 0 Å². The molecule has 0 radical (unpaired) electrons. The van der Waals surface area contributed by atoms with Gasteiger partial charge in [0.25, 0.3) is 0 Å². The van der Waals surface area contributed by atoms with E-state index in [0.29, 0.717) is 17.1 Å². The predicted molar refractivity (Wildman–Crippen MR) is 84.5 cm³/mol. The van der Waals surface area contributed by atoms with Crippen molar-refractivity contribution in [3.63, 3.8) is 0 Å². The average molecular weight is 310 g/mol. The van der Waals surface area contributed by atoms with Gasteiger partial charge in [-0.25, -0.2) is 4.90 Å². The van der Waals surface area contributed by atoms with Crippen LogP contribution in [0.15, 0.2) is 53.2 Å². The molecule has 0 saturated carbocycles. The Balaban J connectivity index is 1.79. The number of hydrogen-bond donors (Lipinski definition) is 1. The van der Waals surface area contributed by atoms with Crippen LogP contribution >= 0.6 is 0 Å². The standard InChI is InChI=1S/C17H14N2O4/c20-15(8-7-12-4-3-11-23-12)18-13-5-1-2-6-14(13)19-16(21)9-10-17(19)22/h1-8,11H,9-10H2,(H,18,20)/b8-7+. The molecule has 2 heterocycles. The number of benzene rings is 1. The number of hydrogen-bond acceptors (Lipinski definition) is 4. The van der Waals surface area contributed by atoms with E-state index in [0.717, 1.165) is 4.90 Å². The van der Waals surface area contributed by atoms with Crippen molar-refractivity contribution in [3.05, 3.63) is 54.5 Å². The van der Waals surface area contributed by atoms with Crippen LogP contribution in [0.1, 0.15) is 18.6 Å². The molecule has 6 nitrogen and oxygen atoms in total. The third kappa shape index (κ3) is 3.21. The van der Waals surface area contributed by atoms with Crippen LogP contribution in [0.4, 0.5) is 11.4 Å². The first-order chi connectivity index (χ1) is 11.1. The quantitative estimate of drug-likeness (QED) is 0.695. The SMILES string of the molecule is O=C(/C=C/c1ccco1)Nc1ccccc1N1C(=O)CCC1=O. The van der Waals surface area contributed by atoms with Crippen LogP contribution < -0.4 is 10.2 Å². The van der Waals surface area contributed by atoms with Gasteiger partial charge in [-0.05, 0) is 30.3 Å². The van der Waals surface area contributed by atoms with E-state index in [2.05, 4.69) is 5.32 Å². The molecule has 116 valence electrons. The molecule has 1 fully saturated rings. The van der Waals surface area contributed by atoms with Crippen molar-refractivity contribution in [1.82, 2.24) is 0 Å². The van der Waals surface area contributed by atoms with E-state index in [-0.39, 0.29) is 30.6 Å². The monoisotopic (exact) mass is 310 g/mol. The second kappa shape index (κ2) is 6.31. The number of anilines is 2. The summed E-state index contributed by atoms with van der Waals surface area (Å²) in [5, 5.41) is 2.68. The summed E-state index contributed by atoms with van der Waals surface area (Å²) in [5.74, 6) is -0.350. The Morgan fingerprint density at radius 1 is 1.09 bits per heavy atom. The minimum atomic E-state index is -0.382. The van der Waals surface area contributed by atoms with E-state index in [9.17, 15) is 14.4 Å². The van der Waals surface area contributed by atoms with Crippen LogP contribution in [0.3, 0.4) is 0 Å². The van der Waals surface area contributed by atoms with Gasteiger partial charge >= 0.3 is 0 Å². The second-order valence-electron chi connectivity index (χ2n) is 4.98. The van der Waals surface area contributed by atoms with Crippen molar-refractivity contribution >= 4 is 35.2 Å². The van der Waals surface area contributed by atoms with E-state index in [4.69, 9.17) is 4.42 Å². The van der Waals surface area contributed by atoms with Gasteiger partial charge in [-0.3, -0.25) is 14.4 Å². The molecular formula is C17H14N2O4. The maximum absolute atomic E-state index is 12.0. The number of nitrogens with zero attached hydrogens (tertiary/aromatic N) is 1. The maximum atomic E-state index is 12.0. The molecule has 0 unspecified atom stereocenters. The van der Waals surface area contributed by atoms with Gasteiger partial charge in [-0.15, -0.1) is 0 Å². The lowest BCUT2D eigenvalue weighted by molar-refractivity contribution is -0.121. The Morgan fingerprint density at radius 3 is 2.52 bits per heavy atom. The molecule has 1 aromatic carbocycles. The lowest BCUT2D eigenvalue weighted by atomic mass is 10.2. The Hall–Kier alpha value is -3.15. The van der Waals surface area contributed by atoms with Gasteiger partial charge in [-0.1, -0.05) is 12.1 Å². The van der Waals surface area contributed by atoms with Gasteiger partial charge in [0.1, 0.15) is 5.76 Å². The van der Waals surface area contributed by atoms with E-state index in [1.165, 1.54) is 18.4 Å². The fourth-order valence-corrected chi connectivity index (χ4v) is 2.34. The molecule has 0 aliphatic carbocycles. The van der Waals surface area contributed by atoms with E-state index in [1.54, 1.807) is 36.4 Å². The van der Waals surface area contributed by atoms with Gasteiger partial charge in [0.2, 0.25) is 17.7 Å². The number of furan rings is 1. The lowest BCUT2D eigenvalue weighted by Gasteiger charge is -2.17. The van der Waals surface area contributed by atoms with Crippen LogP contribution in [0, 0.1) is 0 Å². The molecule has 0 spiro atoms. The van der Waals surface area contributed by atoms with Crippen LogP contribution in [0.25, 0.3) is 6.08 Å². The molecule has 0 atom stereocenters. The highest BCUT2D eigenvalue weighted by atomic mass is 16.3. The minimum absolute atomic E-state index is 0.194. The summed E-state index contributed by atoms with van der Waals surface area (Å²) in [4.78, 5) is 36.9. The molecule has 1 N–H and O–H groups in total. The third-order valence-corrected chi connectivity index (χ3v) is 3.40. The zero-order valence-corrected chi connectivity index (χ0v) is 12.2. The molecule has 3 amide bonds. The van der Waals surface area contributed by atoms with E-state index >= 15 is 0 Å². The highest BCUT2D eigenvalue weighted by Crippen LogP contribution is 2.30. The molecular weight excluding hydrogens is 296 g/mol. The highest BCUT2D eigenvalue weighted by Gasteiger charge is 2.31. The minimum Gasteiger partial charge on any atom is -0.465 e. The Labute approximate surface area is 132 Å². The number of nitrogens with one attached hydrogen (secondary N) is 1. The van der Waals surface area contributed by atoms with Crippen LogP contribution in [-0.2, 0) is 14.4 Å². The molecule has 6 heteroatoms. The fourth-order valence-electron chi connectivity index (χ4n) is 2.34. The molecule has 23 heavy (non-hydrogen) atoms. The van der Waals surface area contributed by atoms with Gasteiger partial charge < -0.3 is 9.73 Å². The Bertz CT molecular complexity index is 762. The topological polar surface area (TPSA) is 79.6 Å². The zero-order valence-electron chi connectivity index (χ0n) is 12.2. The number of rotatable bonds is 4. The summed E-state index contributed by atoms with van der Waals surface area (Å²) in [6, 6.07) is 10.2. The van der Waals surface area contributed by atoms with E-state index < -0.39 is 0 Å². The van der Waals surface area contributed by atoms with Crippen molar-refractivity contribution in [2.45, 2.75) is 12.8 Å². The number of amides is 3. The first kappa shape index (κ1) is 14.8. The van der Waals surface area contributed by atoms with Crippen molar-refractivity contribution in [3.8, 4) is 0 Å². The van der Waals surface area contributed by atoms with Crippen molar-refractivity contribution in [2.24, 2.45) is 0 Å². The van der Waals surface area contributed by atoms with Gasteiger partial charge in [-0.2, -0.15) is 0 Å². The summed E-state index contributed by atoms with van der Waals surface area (Å²) in [6.45, 7) is 0. The number of carbonyl (C=O) groups is 3. The first-order valence-corrected chi connectivity index (χ1v) is 7.12. The normalized spacial score (nSPS) is 14.7. The van der Waals surface area contributed by atoms with Gasteiger partial charge in [0, 0.05) is 18.9 Å². The van der Waals surface area contributed by atoms with Crippen molar-refractivity contribution in [2.75, 3.05) is 10.2 Å². The maximum Gasteiger partial charge on any atom is 0.248 e. The smallest absolute Gasteiger partial charge is 0.248 e. The lowest BCUT2D eigenvalue weighted by Crippen LogP contribution is -2.29. The summed E-state index contributed by atoms with van der Waals surface area (Å²) < 4.78 is 5.10. The second-order valence-corrected chi connectivity index (χ2v) is 4.98.